The number of halogens is 2. The normalized spacial score (nSPS) is 10.4. The van der Waals surface area contributed by atoms with Gasteiger partial charge in [-0.05, 0) is 34.1 Å². The Hall–Kier alpha value is -1.95. The summed E-state index contributed by atoms with van der Waals surface area (Å²) >= 11 is 3.24. The molecule has 0 saturated heterocycles. The molecule has 0 aliphatic rings. The standard InChI is InChI=1S/C13H10BrFN2O2/c14-10-3-4-12(18)17(7-10)6-9-2-1-8(13(16)19)5-11(9)15/h1-5,7H,6H2,(H2,16,19). The van der Waals surface area contributed by atoms with Crippen molar-refractivity contribution in [3.63, 3.8) is 0 Å². The Morgan fingerprint density at radius 3 is 2.68 bits per heavy atom. The van der Waals surface area contributed by atoms with E-state index in [9.17, 15) is 14.0 Å². The van der Waals surface area contributed by atoms with Gasteiger partial charge in [0.25, 0.3) is 5.56 Å². The Kier molecular flexibility index (Phi) is 3.80. The SMILES string of the molecule is NC(=O)c1ccc(Cn2cc(Br)ccc2=O)c(F)c1. The van der Waals surface area contributed by atoms with Crippen molar-refractivity contribution in [2.24, 2.45) is 5.73 Å². The third-order valence-electron chi connectivity index (χ3n) is 2.63. The molecule has 0 atom stereocenters. The van der Waals surface area contributed by atoms with E-state index < -0.39 is 11.7 Å². The van der Waals surface area contributed by atoms with Gasteiger partial charge < -0.3 is 10.3 Å². The number of benzene rings is 1. The lowest BCUT2D eigenvalue weighted by atomic mass is 10.1. The highest BCUT2D eigenvalue weighted by Gasteiger charge is 2.08. The van der Waals surface area contributed by atoms with Gasteiger partial charge in [0, 0.05) is 27.9 Å². The van der Waals surface area contributed by atoms with Crippen molar-refractivity contribution in [2.45, 2.75) is 6.54 Å². The third kappa shape index (κ3) is 3.08. The summed E-state index contributed by atoms with van der Waals surface area (Å²) in [5.74, 6) is -1.26. The van der Waals surface area contributed by atoms with Crippen LogP contribution < -0.4 is 11.3 Å². The summed E-state index contributed by atoms with van der Waals surface area (Å²) in [5.41, 5.74) is 5.24. The number of hydrogen-bond donors (Lipinski definition) is 1. The first-order valence-electron chi connectivity index (χ1n) is 5.41. The van der Waals surface area contributed by atoms with Crippen LogP contribution in [0, 0.1) is 5.82 Å². The molecule has 6 heteroatoms. The number of nitrogens with two attached hydrogens (primary N) is 1. The van der Waals surface area contributed by atoms with Gasteiger partial charge in [-0.25, -0.2) is 4.39 Å². The fourth-order valence-corrected chi connectivity index (χ4v) is 2.02. The number of rotatable bonds is 3. The van der Waals surface area contributed by atoms with E-state index in [1.54, 1.807) is 12.3 Å². The molecule has 0 aliphatic heterocycles. The monoisotopic (exact) mass is 324 g/mol. The van der Waals surface area contributed by atoms with Gasteiger partial charge >= 0.3 is 0 Å². The molecule has 0 spiro atoms. The molecule has 2 N–H and O–H groups in total. The summed E-state index contributed by atoms with van der Waals surface area (Å²) in [7, 11) is 0. The second-order valence-corrected chi connectivity index (χ2v) is 4.90. The van der Waals surface area contributed by atoms with Crippen LogP contribution >= 0.6 is 15.9 Å². The summed E-state index contributed by atoms with van der Waals surface area (Å²) in [6.07, 6.45) is 1.57. The maximum Gasteiger partial charge on any atom is 0.250 e. The highest BCUT2D eigenvalue weighted by Crippen LogP contribution is 2.12. The summed E-state index contributed by atoms with van der Waals surface area (Å²) in [4.78, 5) is 22.5. The van der Waals surface area contributed by atoms with Crippen LogP contribution in [0.15, 0.2) is 45.8 Å². The maximum absolute atomic E-state index is 13.8. The minimum atomic E-state index is -0.690. The summed E-state index contributed by atoms with van der Waals surface area (Å²) < 4.78 is 15.9. The van der Waals surface area contributed by atoms with Crippen LogP contribution in [0.3, 0.4) is 0 Å². The van der Waals surface area contributed by atoms with Gasteiger partial charge in [-0.1, -0.05) is 6.07 Å². The number of carbonyl (C=O) groups is 1. The van der Waals surface area contributed by atoms with Crippen LogP contribution in [0.2, 0.25) is 0 Å². The molecule has 1 heterocycles. The third-order valence-corrected chi connectivity index (χ3v) is 3.09. The second kappa shape index (κ2) is 5.36. The molecular weight excluding hydrogens is 315 g/mol. The van der Waals surface area contributed by atoms with E-state index in [1.165, 1.54) is 22.8 Å². The average molecular weight is 325 g/mol. The minimum Gasteiger partial charge on any atom is -0.366 e. The van der Waals surface area contributed by atoms with E-state index in [1.807, 2.05) is 0 Å². The van der Waals surface area contributed by atoms with Gasteiger partial charge in [-0.15, -0.1) is 0 Å². The first kappa shape index (κ1) is 13.5. The second-order valence-electron chi connectivity index (χ2n) is 3.98. The van der Waals surface area contributed by atoms with E-state index in [-0.39, 0.29) is 17.7 Å². The molecule has 1 amide bonds. The molecule has 1 aromatic carbocycles. The molecule has 0 unspecified atom stereocenters. The van der Waals surface area contributed by atoms with E-state index in [0.717, 1.165) is 10.5 Å². The summed E-state index contributed by atoms with van der Waals surface area (Å²) in [6.45, 7) is 0.0865. The van der Waals surface area contributed by atoms with E-state index in [0.29, 0.717) is 5.56 Å². The number of carbonyl (C=O) groups excluding carboxylic acids is 1. The van der Waals surface area contributed by atoms with Gasteiger partial charge in [0.15, 0.2) is 0 Å². The smallest absolute Gasteiger partial charge is 0.250 e. The first-order valence-corrected chi connectivity index (χ1v) is 6.21. The molecule has 0 fully saturated rings. The quantitative estimate of drug-likeness (QED) is 0.937. The lowest BCUT2D eigenvalue weighted by Gasteiger charge is -2.08. The molecule has 0 aliphatic carbocycles. The van der Waals surface area contributed by atoms with E-state index >= 15 is 0 Å². The molecule has 0 bridgehead atoms. The van der Waals surface area contributed by atoms with Crippen LogP contribution in [0.25, 0.3) is 0 Å². The van der Waals surface area contributed by atoms with Gasteiger partial charge in [-0.2, -0.15) is 0 Å². The van der Waals surface area contributed by atoms with Crippen LogP contribution in [0.4, 0.5) is 4.39 Å². The van der Waals surface area contributed by atoms with Crippen molar-refractivity contribution in [2.75, 3.05) is 0 Å². The predicted octanol–water partition coefficient (Wildman–Crippen LogP) is 1.90. The molecule has 0 radical (unpaired) electrons. The largest absolute Gasteiger partial charge is 0.366 e. The Morgan fingerprint density at radius 2 is 2.05 bits per heavy atom. The number of primary amides is 1. The molecule has 1 aromatic heterocycles. The van der Waals surface area contributed by atoms with Crippen molar-refractivity contribution in [3.8, 4) is 0 Å². The fraction of sp³-hybridized carbons (Fsp3) is 0.0769. The Morgan fingerprint density at radius 1 is 1.32 bits per heavy atom. The van der Waals surface area contributed by atoms with Crippen molar-refractivity contribution >= 4 is 21.8 Å². The number of amides is 1. The number of hydrogen-bond acceptors (Lipinski definition) is 2. The molecule has 2 aromatic rings. The van der Waals surface area contributed by atoms with Crippen molar-refractivity contribution in [3.05, 3.63) is 68.3 Å². The molecule has 2 rings (SSSR count). The highest BCUT2D eigenvalue weighted by molar-refractivity contribution is 9.10. The van der Waals surface area contributed by atoms with Crippen molar-refractivity contribution < 1.29 is 9.18 Å². The van der Waals surface area contributed by atoms with Crippen LogP contribution in [0.5, 0.6) is 0 Å². The lowest BCUT2D eigenvalue weighted by Crippen LogP contribution is -2.19. The van der Waals surface area contributed by atoms with Crippen LogP contribution in [-0.2, 0) is 6.54 Å². The highest BCUT2D eigenvalue weighted by atomic mass is 79.9. The summed E-state index contributed by atoms with van der Waals surface area (Å²) in [5, 5.41) is 0. The van der Waals surface area contributed by atoms with Crippen molar-refractivity contribution in [1.82, 2.24) is 4.57 Å². The van der Waals surface area contributed by atoms with Gasteiger partial charge in [0.1, 0.15) is 5.82 Å². The fourth-order valence-electron chi connectivity index (χ4n) is 1.64. The molecule has 19 heavy (non-hydrogen) atoms. The Labute approximate surface area is 116 Å². The lowest BCUT2D eigenvalue weighted by molar-refractivity contribution is 0.1000. The van der Waals surface area contributed by atoms with Crippen molar-refractivity contribution in [1.29, 1.82) is 0 Å². The number of aromatic nitrogens is 1. The summed E-state index contributed by atoms with van der Waals surface area (Å²) in [6, 6.07) is 6.96. The zero-order valence-corrected chi connectivity index (χ0v) is 11.4. The minimum absolute atomic E-state index is 0.0865. The zero-order chi connectivity index (χ0) is 14.0. The van der Waals surface area contributed by atoms with E-state index in [2.05, 4.69) is 15.9 Å². The van der Waals surface area contributed by atoms with Crippen LogP contribution in [0.1, 0.15) is 15.9 Å². The predicted molar refractivity (Wildman–Crippen MR) is 72.4 cm³/mol. The van der Waals surface area contributed by atoms with E-state index in [4.69, 9.17) is 5.73 Å². The van der Waals surface area contributed by atoms with Gasteiger partial charge in [-0.3, -0.25) is 9.59 Å². The van der Waals surface area contributed by atoms with Crippen LogP contribution in [-0.4, -0.2) is 10.5 Å². The molecular formula is C13H10BrFN2O2. The topological polar surface area (TPSA) is 65.1 Å². The van der Waals surface area contributed by atoms with Gasteiger partial charge in [0.05, 0.1) is 6.54 Å². The Balaban J connectivity index is 2.36. The maximum atomic E-state index is 13.8. The zero-order valence-electron chi connectivity index (χ0n) is 9.77. The average Bonchev–Trinajstić information content (AvgIpc) is 2.36. The molecule has 4 nitrogen and oxygen atoms in total. The molecule has 0 saturated carbocycles. The molecule has 98 valence electrons. The van der Waals surface area contributed by atoms with Gasteiger partial charge in [0.2, 0.25) is 5.91 Å². The number of nitrogens with zero attached hydrogens (tertiary/aromatic N) is 1. The Bertz CT molecular complexity index is 697. The first-order chi connectivity index (χ1) is 8.97. The number of pyridine rings is 1.